The summed E-state index contributed by atoms with van der Waals surface area (Å²) in [5.41, 5.74) is -0.0977. The fourth-order valence-corrected chi connectivity index (χ4v) is 3.79. The first-order chi connectivity index (χ1) is 18.0. The Morgan fingerprint density at radius 2 is 1.53 bits per heavy atom. The number of amides is 2. The minimum Gasteiger partial charge on any atom is -0.349 e. The van der Waals surface area contributed by atoms with Crippen LogP contribution >= 0.6 is 0 Å². The van der Waals surface area contributed by atoms with Crippen molar-refractivity contribution in [2.24, 2.45) is 0 Å². The van der Waals surface area contributed by atoms with Gasteiger partial charge in [0.2, 0.25) is 11.7 Å². The molecule has 38 heavy (non-hydrogen) atoms. The van der Waals surface area contributed by atoms with E-state index >= 15 is 4.39 Å². The highest BCUT2D eigenvalue weighted by Crippen LogP contribution is 2.31. The number of rotatable bonds is 7. The smallest absolute Gasteiger partial charge is 0.251 e. The average Bonchev–Trinajstić information content (AvgIpc) is 3.31. The summed E-state index contributed by atoms with van der Waals surface area (Å²) in [5, 5.41) is 14.8. The molecule has 0 aliphatic rings. The number of benzene rings is 3. The molecule has 196 valence electrons. The van der Waals surface area contributed by atoms with Gasteiger partial charge in [0.05, 0.1) is 5.69 Å². The second kappa shape index (κ2) is 10.8. The molecule has 4 rings (SSSR count). The number of hydrogen-bond donors (Lipinski definition) is 1. The standard InChI is InChI=1S/C27H25F3N6O2/c1-27(2,3)31-26(38)24(17-8-12-19(28)13-9-17)36(22-7-5-4-6-21(22)30)23(37)16-35-33-25(32-34-35)18-10-14-20(29)15-11-18/h4-15,24H,16H2,1-3H3,(H,31,38). The summed E-state index contributed by atoms with van der Waals surface area (Å²) in [4.78, 5) is 29.3. The average molecular weight is 523 g/mol. The van der Waals surface area contributed by atoms with Crippen molar-refractivity contribution in [3.05, 3.63) is 95.8 Å². The molecule has 1 N–H and O–H groups in total. The van der Waals surface area contributed by atoms with Gasteiger partial charge in [-0.2, -0.15) is 4.80 Å². The molecule has 11 heteroatoms. The topological polar surface area (TPSA) is 93.0 Å². The molecule has 0 saturated heterocycles. The van der Waals surface area contributed by atoms with Gasteiger partial charge in [-0.1, -0.05) is 24.3 Å². The lowest BCUT2D eigenvalue weighted by Gasteiger charge is -2.33. The van der Waals surface area contributed by atoms with Gasteiger partial charge < -0.3 is 5.32 Å². The lowest BCUT2D eigenvalue weighted by Crippen LogP contribution is -2.50. The maximum Gasteiger partial charge on any atom is 0.251 e. The van der Waals surface area contributed by atoms with Crippen LogP contribution in [0, 0.1) is 17.5 Å². The van der Waals surface area contributed by atoms with E-state index in [2.05, 4.69) is 20.7 Å². The summed E-state index contributed by atoms with van der Waals surface area (Å²) in [5.74, 6) is -2.88. The Balaban J connectivity index is 1.75. The molecule has 0 aliphatic heterocycles. The van der Waals surface area contributed by atoms with Crippen LogP contribution in [0.25, 0.3) is 11.4 Å². The number of nitrogens with zero attached hydrogens (tertiary/aromatic N) is 5. The number of hydrogen-bond acceptors (Lipinski definition) is 5. The van der Waals surface area contributed by atoms with Crippen molar-refractivity contribution in [3.63, 3.8) is 0 Å². The van der Waals surface area contributed by atoms with E-state index in [9.17, 15) is 18.4 Å². The molecule has 0 aliphatic carbocycles. The highest BCUT2D eigenvalue weighted by atomic mass is 19.1. The van der Waals surface area contributed by atoms with Gasteiger partial charge in [0.1, 0.15) is 30.0 Å². The van der Waals surface area contributed by atoms with Crippen LogP contribution in [-0.2, 0) is 16.1 Å². The van der Waals surface area contributed by atoms with Gasteiger partial charge in [-0.25, -0.2) is 13.2 Å². The fourth-order valence-electron chi connectivity index (χ4n) is 3.79. The van der Waals surface area contributed by atoms with E-state index in [1.165, 1.54) is 60.7 Å². The number of aromatic nitrogens is 4. The quantitative estimate of drug-likeness (QED) is 0.387. The van der Waals surface area contributed by atoms with E-state index in [-0.39, 0.29) is 17.1 Å². The lowest BCUT2D eigenvalue weighted by molar-refractivity contribution is -0.128. The molecular weight excluding hydrogens is 497 g/mol. The Morgan fingerprint density at radius 1 is 0.921 bits per heavy atom. The van der Waals surface area contributed by atoms with Gasteiger partial charge in [-0.3, -0.25) is 14.5 Å². The molecule has 0 radical (unpaired) electrons. The van der Waals surface area contributed by atoms with E-state index in [0.717, 1.165) is 21.8 Å². The summed E-state index contributed by atoms with van der Waals surface area (Å²) >= 11 is 0. The minimum absolute atomic E-state index is 0.149. The normalized spacial score (nSPS) is 12.2. The van der Waals surface area contributed by atoms with Crippen LogP contribution < -0.4 is 10.2 Å². The predicted molar refractivity (Wildman–Crippen MR) is 134 cm³/mol. The van der Waals surface area contributed by atoms with Crippen LogP contribution in [0.1, 0.15) is 32.4 Å². The third-order valence-electron chi connectivity index (χ3n) is 5.40. The Morgan fingerprint density at radius 3 is 2.13 bits per heavy atom. The second-order valence-corrected chi connectivity index (χ2v) is 9.56. The Kier molecular flexibility index (Phi) is 7.56. The van der Waals surface area contributed by atoms with Crippen LogP contribution in [0.15, 0.2) is 72.8 Å². The number of nitrogens with one attached hydrogen (secondary N) is 1. The molecule has 0 spiro atoms. The molecule has 2 amide bonds. The zero-order chi connectivity index (χ0) is 27.4. The molecule has 0 saturated carbocycles. The summed E-state index contributed by atoms with van der Waals surface area (Å²) in [6.07, 6.45) is 0. The lowest BCUT2D eigenvalue weighted by atomic mass is 10.0. The van der Waals surface area contributed by atoms with Crippen molar-refractivity contribution in [3.8, 4) is 11.4 Å². The first-order valence-corrected chi connectivity index (χ1v) is 11.7. The molecule has 1 heterocycles. The molecule has 1 unspecified atom stereocenters. The van der Waals surface area contributed by atoms with E-state index < -0.39 is 47.4 Å². The van der Waals surface area contributed by atoms with Gasteiger partial charge in [-0.15, -0.1) is 10.2 Å². The first kappa shape index (κ1) is 26.5. The van der Waals surface area contributed by atoms with Gasteiger partial charge in [0.25, 0.3) is 5.91 Å². The minimum atomic E-state index is -1.35. The van der Waals surface area contributed by atoms with Crippen molar-refractivity contribution in [2.45, 2.75) is 38.9 Å². The van der Waals surface area contributed by atoms with Gasteiger partial charge >= 0.3 is 0 Å². The van der Waals surface area contributed by atoms with Crippen molar-refractivity contribution in [1.82, 2.24) is 25.5 Å². The van der Waals surface area contributed by atoms with Crippen molar-refractivity contribution < 1.29 is 22.8 Å². The van der Waals surface area contributed by atoms with Crippen LogP contribution in [0.2, 0.25) is 0 Å². The largest absolute Gasteiger partial charge is 0.349 e. The van der Waals surface area contributed by atoms with Gasteiger partial charge in [0, 0.05) is 11.1 Å². The van der Waals surface area contributed by atoms with Crippen LogP contribution in [0.5, 0.6) is 0 Å². The second-order valence-electron chi connectivity index (χ2n) is 9.56. The van der Waals surface area contributed by atoms with Crippen molar-refractivity contribution >= 4 is 17.5 Å². The zero-order valence-corrected chi connectivity index (χ0v) is 20.9. The van der Waals surface area contributed by atoms with Crippen molar-refractivity contribution in [2.75, 3.05) is 4.90 Å². The number of carbonyl (C=O) groups excluding carboxylic acids is 2. The van der Waals surface area contributed by atoms with Crippen LogP contribution in [0.4, 0.5) is 18.9 Å². The number of anilines is 1. The number of para-hydroxylation sites is 1. The Hall–Kier alpha value is -4.54. The highest BCUT2D eigenvalue weighted by Gasteiger charge is 2.36. The highest BCUT2D eigenvalue weighted by molar-refractivity contribution is 6.01. The molecular formula is C27H25F3N6O2. The predicted octanol–water partition coefficient (Wildman–Crippen LogP) is 4.45. The first-order valence-electron chi connectivity index (χ1n) is 11.7. The Labute approximate surface area is 217 Å². The molecule has 3 aromatic carbocycles. The molecule has 0 bridgehead atoms. The maximum atomic E-state index is 15.1. The van der Waals surface area contributed by atoms with Gasteiger partial charge in [0.15, 0.2) is 0 Å². The van der Waals surface area contributed by atoms with Crippen molar-refractivity contribution in [1.29, 1.82) is 0 Å². The SMILES string of the molecule is CC(C)(C)NC(=O)C(c1ccc(F)cc1)N(C(=O)Cn1nnc(-c2ccc(F)cc2)n1)c1ccccc1F. The van der Waals surface area contributed by atoms with Crippen LogP contribution in [0.3, 0.4) is 0 Å². The number of halogens is 3. The number of carbonyl (C=O) groups is 2. The summed E-state index contributed by atoms with van der Waals surface area (Å²) < 4.78 is 42.1. The monoisotopic (exact) mass is 522 g/mol. The van der Waals surface area contributed by atoms with E-state index in [1.807, 2.05) is 0 Å². The maximum absolute atomic E-state index is 15.1. The number of tetrazole rings is 1. The molecule has 1 atom stereocenters. The third kappa shape index (κ3) is 6.23. The molecule has 0 fully saturated rings. The Bertz CT molecular complexity index is 1430. The van der Waals surface area contributed by atoms with Gasteiger partial charge in [-0.05, 0) is 80.1 Å². The zero-order valence-electron chi connectivity index (χ0n) is 20.9. The third-order valence-corrected chi connectivity index (χ3v) is 5.40. The summed E-state index contributed by atoms with van der Waals surface area (Å²) in [7, 11) is 0. The summed E-state index contributed by atoms with van der Waals surface area (Å²) in [6.45, 7) is 4.79. The molecule has 4 aromatic rings. The molecule has 8 nitrogen and oxygen atoms in total. The van der Waals surface area contributed by atoms with Crippen LogP contribution in [-0.4, -0.2) is 37.6 Å². The molecule has 1 aromatic heterocycles. The summed E-state index contributed by atoms with van der Waals surface area (Å²) in [6, 6.07) is 14.6. The van der Waals surface area contributed by atoms with E-state index in [4.69, 9.17) is 0 Å². The van der Waals surface area contributed by atoms with E-state index in [1.54, 1.807) is 20.8 Å². The van der Waals surface area contributed by atoms with E-state index in [0.29, 0.717) is 5.56 Å². The fraction of sp³-hybridized carbons (Fsp3) is 0.222.